The van der Waals surface area contributed by atoms with Gasteiger partial charge in [0, 0.05) is 31.7 Å². The number of amides is 2. The van der Waals surface area contributed by atoms with Crippen LogP contribution in [0.15, 0.2) is 53.2 Å². The van der Waals surface area contributed by atoms with E-state index in [9.17, 15) is 24.0 Å². The van der Waals surface area contributed by atoms with Crippen LogP contribution < -0.4 is 27.7 Å². The Bertz CT molecular complexity index is 1810. The van der Waals surface area contributed by atoms with Crippen molar-refractivity contribution in [1.82, 2.24) is 24.3 Å². The molecule has 3 aliphatic carbocycles. The van der Waals surface area contributed by atoms with Crippen LogP contribution in [0, 0.1) is 38.4 Å². The Kier molecular flexibility index (Phi) is 15.6. The average molecular weight is 816 g/mol. The van der Waals surface area contributed by atoms with Gasteiger partial charge in [-0.2, -0.15) is 0 Å². The van der Waals surface area contributed by atoms with Crippen LogP contribution >= 0.6 is 0 Å². The largest absolute Gasteiger partial charge is 0.498 e. The molecule has 14 heteroatoms. The van der Waals surface area contributed by atoms with Crippen LogP contribution in [-0.4, -0.2) is 51.2 Å². The molecule has 4 rings (SSSR count). The number of carbonyl (C=O) groups excluding carboxylic acids is 2. The molecule has 3 fully saturated rings. The van der Waals surface area contributed by atoms with Crippen LogP contribution in [0.3, 0.4) is 0 Å². The van der Waals surface area contributed by atoms with Gasteiger partial charge in [0.05, 0.1) is 6.26 Å². The van der Waals surface area contributed by atoms with Crippen LogP contribution in [0.5, 0.6) is 0 Å². The van der Waals surface area contributed by atoms with Crippen molar-refractivity contribution in [2.24, 2.45) is 38.4 Å². The van der Waals surface area contributed by atoms with Gasteiger partial charge in [0.2, 0.25) is 0 Å². The molecule has 3 saturated carbocycles. The molecule has 2 N–H and O–H groups in total. The minimum atomic E-state index is -0.757. The van der Waals surface area contributed by atoms with E-state index in [1.54, 1.807) is 0 Å². The summed E-state index contributed by atoms with van der Waals surface area (Å²) in [5.74, 6) is 0.401. The van der Waals surface area contributed by atoms with Crippen molar-refractivity contribution in [1.29, 1.82) is 0 Å². The lowest BCUT2D eigenvalue weighted by atomic mass is 9.61. The first-order valence-corrected chi connectivity index (χ1v) is 20.7. The van der Waals surface area contributed by atoms with Crippen molar-refractivity contribution < 1.29 is 28.8 Å². The predicted octanol–water partition coefficient (Wildman–Crippen LogP) is 7.68. The van der Waals surface area contributed by atoms with Gasteiger partial charge < -0.3 is 20.1 Å². The van der Waals surface area contributed by atoms with Crippen molar-refractivity contribution in [3.05, 3.63) is 70.3 Å². The van der Waals surface area contributed by atoms with E-state index in [1.165, 1.54) is 20.0 Å². The molecule has 1 heterocycles. The van der Waals surface area contributed by atoms with Gasteiger partial charge in [-0.15, -0.1) is 13.2 Å². The normalized spacial score (nSPS) is 29.7. The predicted molar refractivity (Wildman–Crippen MR) is 226 cm³/mol. The summed E-state index contributed by atoms with van der Waals surface area (Å²) < 4.78 is 14.2. The summed E-state index contributed by atoms with van der Waals surface area (Å²) in [6.45, 7) is 34.8. The zero-order valence-electron chi connectivity index (χ0n) is 37.1. The lowest BCUT2D eigenvalue weighted by molar-refractivity contribution is -0.187. The zero-order chi connectivity index (χ0) is 43.9. The van der Waals surface area contributed by atoms with Crippen LogP contribution in [-0.2, 0) is 38.9 Å². The molecule has 2 amide bonds. The highest BCUT2D eigenvalue weighted by Gasteiger charge is 2.46. The molecule has 58 heavy (non-hydrogen) atoms. The van der Waals surface area contributed by atoms with Gasteiger partial charge in [0.25, 0.3) is 0 Å². The summed E-state index contributed by atoms with van der Waals surface area (Å²) in [5, 5.41) is 5.87. The molecule has 14 nitrogen and oxygen atoms in total. The minimum absolute atomic E-state index is 0.0213. The highest BCUT2D eigenvalue weighted by atomic mass is 17.2. The summed E-state index contributed by atoms with van der Waals surface area (Å²) in [4.78, 5) is 78.7. The highest BCUT2D eigenvalue weighted by molar-refractivity contribution is 5.67. The van der Waals surface area contributed by atoms with Crippen molar-refractivity contribution >= 4 is 12.2 Å². The molecule has 3 aliphatic rings. The van der Waals surface area contributed by atoms with Crippen LogP contribution in [0.1, 0.15) is 127 Å². The van der Waals surface area contributed by atoms with Crippen LogP contribution in [0.25, 0.3) is 0 Å². The summed E-state index contributed by atoms with van der Waals surface area (Å²) in [6, 6.07) is -0.603. The third-order valence-corrected chi connectivity index (χ3v) is 11.9. The number of rotatable bonds is 14. The number of nitrogens with zero attached hydrogens (tertiary/aromatic N) is 3. The van der Waals surface area contributed by atoms with Gasteiger partial charge in [-0.05, 0) is 96.2 Å². The van der Waals surface area contributed by atoms with E-state index in [0.29, 0.717) is 44.4 Å². The number of alkyl carbamates (subject to hydrolysis) is 1. The second-order valence-electron chi connectivity index (χ2n) is 20.9. The van der Waals surface area contributed by atoms with Crippen LogP contribution in [0.2, 0.25) is 0 Å². The molecule has 6 atom stereocenters. The number of aromatic nitrogens is 3. The van der Waals surface area contributed by atoms with Crippen molar-refractivity contribution in [3.8, 4) is 0 Å². The van der Waals surface area contributed by atoms with E-state index in [4.69, 9.17) is 14.4 Å². The summed E-state index contributed by atoms with van der Waals surface area (Å²) >= 11 is 0. The molecule has 0 aromatic carbocycles. The molecule has 6 unspecified atom stereocenters. The van der Waals surface area contributed by atoms with Gasteiger partial charge in [-0.1, -0.05) is 82.4 Å². The molecular formula is C44H73N5O9. The fraction of sp³-hybridized carbons (Fsp3) is 0.750. The number of nitrogens with one attached hydrogen (secondary N) is 2. The van der Waals surface area contributed by atoms with Gasteiger partial charge in [0.1, 0.15) is 19.5 Å². The number of hydrogen-bond donors (Lipinski definition) is 2. The lowest BCUT2D eigenvalue weighted by Gasteiger charge is -2.47. The van der Waals surface area contributed by atoms with Crippen molar-refractivity contribution in [2.75, 3.05) is 13.2 Å². The third-order valence-electron chi connectivity index (χ3n) is 11.9. The molecule has 1 aromatic heterocycles. The first-order valence-electron chi connectivity index (χ1n) is 20.7. The Balaban J connectivity index is 0.00000443. The Hall–Kier alpha value is -4.23. The number of ether oxygens (including phenoxy) is 2. The maximum atomic E-state index is 14.7. The molecule has 0 aliphatic heterocycles. The van der Waals surface area contributed by atoms with Gasteiger partial charge in [0.15, 0.2) is 0 Å². The van der Waals surface area contributed by atoms with Crippen molar-refractivity contribution in [3.63, 3.8) is 0 Å². The Morgan fingerprint density at radius 2 is 1.02 bits per heavy atom. The quantitative estimate of drug-likeness (QED) is 0.0631. The van der Waals surface area contributed by atoms with E-state index in [1.807, 2.05) is 13.8 Å². The average Bonchev–Trinajstić information content (AvgIpc) is 3.06. The Morgan fingerprint density at radius 3 is 1.41 bits per heavy atom. The van der Waals surface area contributed by atoms with E-state index >= 15 is 0 Å². The maximum Gasteiger partial charge on any atom is 0.450 e. The van der Waals surface area contributed by atoms with E-state index in [-0.39, 0.29) is 66.6 Å². The SMILES string of the molecule is C=C.C=COCCOC(=O)NC1CC(C)(C)CC(C)(Cn2c(=O)n(CC3(C)CC(C)CC(C)(C)C3)c(=O)n(CC3(C)CC(NC(=O)OOC=C)CC(C)(C)C3)c2=O)C1. The number of carbonyl (C=O) groups is 2. The molecule has 0 spiro atoms. The first kappa shape index (κ1) is 48.1. The van der Waals surface area contributed by atoms with E-state index in [2.05, 4.69) is 97.2 Å². The second-order valence-corrected chi connectivity index (χ2v) is 20.9. The van der Waals surface area contributed by atoms with Gasteiger partial charge in [-0.25, -0.2) is 42.6 Å². The Labute approximate surface area is 345 Å². The van der Waals surface area contributed by atoms with Gasteiger partial charge in [-0.3, -0.25) is 4.89 Å². The number of hydrogen-bond acceptors (Lipinski definition) is 9. The molecule has 0 radical (unpaired) electrons. The standard InChI is InChI=1S/C42H69N5O9.C2H4/c1-13-53-15-16-54-32(48)43-30-19-38(6,7)24-41(11,21-30)27-46-34(50)45(26-40(10)18-29(3)17-37(4,5)23-40)35(51)47(36(46)52)28-42(12)22-31(20-39(8,9)25-42)44-33(49)56-55-14-2;1-2/h13-14,29-31H,1-2,15-28H2,3-12H3,(H,43,48)(H,44,49);1-2H2. The van der Waals surface area contributed by atoms with Gasteiger partial charge >= 0.3 is 29.3 Å². The molecular weight excluding hydrogens is 743 g/mol. The third kappa shape index (κ3) is 13.1. The first-order chi connectivity index (χ1) is 26.8. The molecule has 328 valence electrons. The van der Waals surface area contributed by atoms with Crippen molar-refractivity contribution in [2.45, 2.75) is 159 Å². The van der Waals surface area contributed by atoms with E-state index < -0.39 is 40.1 Å². The molecule has 0 saturated heterocycles. The highest BCUT2D eigenvalue weighted by Crippen LogP contribution is 2.50. The zero-order valence-corrected chi connectivity index (χ0v) is 37.1. The fourth-order valence-electron chi connectivity index (χ4n) is 12.0. The topological polar surface area (TPSA) is 161 Å². The Morgan fingerprint density at radius 1 is 0.621 bits per heavy atom. The maximum absolute atomic E-state index is 14.7. The lowest BCUT2D eigenvalue weighted by Crippen LogP contribution is -2.60. The second kappa shape index (κ2) is 18.8. The molecule has 1 aromatic rings. The molecule has 0 bridgehead atoms. The fourth-order valence-corrected chi connectivity index (χ4v) is 12.0. The summed E-state index contributed by atoms with van der Waals surface area (Å²) in [6.07, 6.45) is 7.34. The summed E-state index contributed by atoms with van der Waals surface area (Å²) in [5.41, 5.74) is -3.92. The van der Waals surface area contributed by atoms with E-state index in [0.717, 1.165) is 25.5 Å². The van der Waals surface area contributed by atoms with Crippen LogP contribution in [0.4, 0.5) is 9.59 Å². The monoisotopic (exact) mass is 816 g/mol. The minimum Gasteiger partial charge on any atom is -0.498 e. The summed E-state index contributed by atoms with van der Waals surface area (Å²) in [7, 11) is 0. The smallest absolute Gasteiger partial charge is 0.450 e.